The number of imidazole rings is 1. The van der Waals surface area contributed by atoms with E-state index in [0.29, 0.717) is 16.9 Å². The lowest BCUT2D eigenvalue weighted by Crippen LogP contribution is -2.07. The van der Waals surface area contributed by atoms with Gasteiger partial charge in [0.25, 0.3) is 0 Å². The Hall–Kier alpha value is -2.28. The second-order valence-electron chi connectivity index (χ2n) is 6.19. The summed E-state index contributed by atoms with van der Waals surface area (Å²) >= 11 is 1.80. The molecule has 0 bridgehead atoms. The molecule has 0 amide bonds. The number of rotatable bonds is 7. The second-order valence-corrected chi connectivity index (χ2v) is 7.18. The Kier molecular flexibility index (Phi) is 5.66. The normalized spacial score (nSPS) is 11.3. The lowest BCUT2D eigenvalue weighted by molar-refractivity contribution is 0.0601. The maximum atomic E-state index is 11.8. The number of esters is 1. The first kappa shape index (κ1) is 18.5. The van der Waals surface area contributed by atoms with E-state index in [0.717, 1.165) is 53.8 Å². The fourth-order valence-electron chi connectivity index (χ4n) is 3.15. The molecule has 6 nitrogen and oxygen atoms in total. The third-order valence-electron chi connectivity index (χ3n) is 4.48. The number of hydrogen-bond acceptors (Lipinski definition) is 6. The Morgan fingerprint density at radius 1 is 1.35 bits per heavy atom. The van der Waals surface area contributed by atoms with Crippen LogP contribution in [0.3, 0.4) is 0 Å². The van der Waals surface area contributed by atoms with Gasteiger partial charge in [0.1, 0.15) is 11.3 Å². The first-order chi connectivity index (χ1) is 12.6. The number of nitrogens with zero attached hydrogens (tertiary/aromatic N) is 3. The van der Waals surface area contributed by atoms with E-state index in [1.54, 1.807) is 23.9 Å². The first-order valence-electron chi connectivity index (χ1n) is 8.76. The Morgan fingerprint density at radius 3 is 2.85 bits per heavy atom. The van der Waals surface area contributed by atoms with E-state index in [-0.39, 0.29) is 5.97 Å². The maximum absolute atomic E-state index is 11.8. The van der Waals surface area contributed by atoms with Crippen molar-refractivity contribution in [2.75, 3.05) is 24.9 Å². The molecule has 0 spiro atoms. The molecule has 2 aromatic heterocycles. The van der Waals surface area contributed by atoms with Crippen LogP contribution in [0.25, 0.3) is 21.9 Å². The van der Waals surface area contributed by atoms with Crippen molar-refractivity contribution in [3.63, 3.8) is 0 Å². The number of aryl methyl sites for hydroxylation is 2. The topological polar surface area (TPSA) is 83.0 Å². The van der Waals surface area contributed by atoms with E-state index in [4.69, 9.17) is 15.5 Å². The molecule has 0 unspecified atom stereocenters. The van der Waals surface area contributed by atoms with Crippen LogP contribution in [0.15, 0.2) is 18.2 Å². The van der Waals surface area contributed by atoms with Crippen molar-refractivity contribution >= 4 is 45.5 Å². The van der Waals surface area contributed by atoms with Gasteiger partial charge in [-0.15, -0.1) is 0 Å². The molecular formula is C19H24N4O2S. The van der Waals surface area contributed by atoms with Gasteiger partial charge in [-0.1, -0.05) is 13.3 Å². The van der Waals surface area contributed by atoms with Gasteiger partial charge >= 0.3 is 5.97 Å². The molecule has 3 aromatic rings. The van der Waals surface area contributed by atoms with Crippen LogP contribution in [0.2, 0.25) is 0 Å². The van der Waals surface area contributed by atoms with Crippen LogP contribution in [-0.2, 0) is 17.7 Å². The molecule has 0 saturated heterocycles. The Balaban J connectivity index is 2.25. The average Bonchev–Trinajstić information content (AvgIpc) is 3.02. The van der Waals surface area contributed by atoms with E-state index in [1.165, 1.54) is 7.11 Å². The van der Waals surface area contributed by atoms with Crippen molar-refractivity contribution in [1.29, 1.82) is 0 Å². The largest absolute Gasteiger partial charge is 0.465 e. The lowest BCUT2D eigenvalue weighted by atomic mass is 10.1. The van der Waals surface area contributed by atoms with Gasteiger partial charge in [0.2, 0.25) is 0 Å². The minimum Gasteiger partial charge on any atom is -0.465 e. The van der Waals surface area contributed by atoms with E-state index < -0.39 is 0 Å². The van der Waals surface area contributed by atoms with Crippen LogP contribution in [0.4, 0.5) is 5.82 Å². The van der Waals surface area contributed by atoms with Crippen molar-refractivity contribution in [3.05, 3.63) is 29.6 Å². The predicted molar refractivity (Wildman–Crippen MR) is 108 cm³/mol. The number of methoxy groups -OCH3 is 1. The molecule has 0 fully saturated rings. The zero-order valence-electron chi connectivity index (χ0n) is 15.4. The molecular weight excluding hydrogens is 348 g/mol. The SMILES string of the molecule is CCCCc1nc2c(N)nc3cc(C(=O)OC)ccc3c2n1CCSC. The molecule has 1 aromatic carbocycles. The predicted octanol–water partition coefficient (Wildman–Crippen LogP) is 3.66. The minimum absolute atomic E-state index is 0.383. The van der Waals surface area contributed by atoms with Gasteiger partial charge in [-0.05, 0) is 30.9 Å². The number of nitrogens with two attached hydrogens (primary N) is 1. The molecule has 2 heterocycles. The summed E-state index contributed by atoms with van der Waals surface area (Å²) in [5.41, 5.74) is 9.11. The molecule has 138 valence electrons. The van der Waals surface area contributed by atoms with Crippen molar-refractivity contribution in [2.24, 2.45) is 0 Å². The zero-order valence-corrected chi connectivity index (χ0v) is 16.2. The average molecular weight is 372 g/mol. The van der Waals surface area contributed by atoms with Crippen molar-refractivity contribution in [3.8, 4) is 0 Å². The number of anilines is 1. The Bertz CT molecular complexity index is 952. The number of hydrogen-bond donors (Lipinski definition) is 1. The van der Waals surface area contributed by atoms with Crippen LogP contribution >= 0.6 is 11.8 Å². The van der Waals surface area contributed by atoms with Crippen molar-refractivity contribution in [1.82, 2.24) is 14.5 Å². The van der Waals surface area contributed by atoms with Crippen LogP contribution < -0.4 is 5.73 Å². The van der Waals surface area contributed by atoms with E-state index >= 15 is 0 Å². The van der Waals surface area contributed by atoms with E-state index in [1.807, 2.05) is 6.07 Å². The second kappa shape index (κ2) is 7.95. The first-order valence-corrected chi connectivity index (χ1v) is 10.2. The molecule has 0 radical (unpaired) electrons. The number of thioether (sulfide) groups is 1. The highest BCUT2D eigenvalue weighted by Crippen LogP contribution is 2.30. The number of aromatic nitrogens is 3. The van der Waals surface area contributed by atoms with Gasteiger partial charge in [0.15, 0.2) is 5.82 Å². The number of carbonyl (C=O) groups excluding carboxylic acids is 1. The van der Waals surface area contributed by atoms with E-state index in [2.05, 4.69) is 22.7 Å². The van der Waals surface area contributed by atoms with Gasteiger partial charge in [0, 0.05) is 24.1 Å². The van der Waals surface area contributed by atoms with Crippen LogP contribution in [0.5, 0.6) is 0 Å². The van der Waals surface area contributed by atoms with Crippen LogP contribution in [-0.4, -0.2) is 39.6 Å². The third kappa shape index (κ3) is 3.35. The number of benzene rings is 1. The van der Waals surface area contributed by atoms with Gasteiger partial charge < -0.3 is 15.0 Å². The summed E-state index contributed by atoms with van der Waals surface area (Å²) in [6.45, 7) is 3.04. The zero-order chi connectivity index (χ0) is 18.7. The van der Waals surface area contributed by atoms with Gasteiger partial charge in [-0.3, -0.25) is 0 Å². The van der Waals surface area contributed by atoms with Crippen LogP contribution in [0.1, 0.15) is 35.9 Å². The molecule has 0 aliphatic carbocycles. The summed E-state index contributed by atoms with van der Waals surface area (Å²) in [5, 5.41) is 0.957. The molecule has 0 atom stereocenters. The number of unbranched alkanes of at least 4 members (excludes halogenated alkanes) is 1. The smallest absolute Gasteiger partial charge is 0.337 e. The summed E-state index contributed by atoms with van der Waals surface area (Å²) in [6.07, 6.45) is 5.21. The molecule has 2 N–H and O–H groups in total. The monoisotopic (exact) mass is 372 g/mol. The van der Waals surface area contributed by atoms with Crippen LogP contribution in [0, 0.1) is 0 Å². The van der Waals surface area contributed by atoms with Crippen molar-refractivity contribution in [2.45, 2.75) is 32.7 Å². The fourth-order valence-corrected chi connectivity index (χ4v) is 3.52. The quantitative estimate of drug-likeness (QED) is 0.637. The summed E-state index contributed by atoms with van der Waals surface area (Å²) in [6, 6.07) is 5.41. The fraction of sp³-hybridized carbons (Fsp3) is 0.421. The lowest BCUT2D eigenvalue weighted by Gasteiger charge is -2.10. The van der Waals surface area contributed by atoms with Gasteiger partial charge in [0.05, 0.1) is 23.7 Å². The summed E-state index contributed by atoms with van der Waals surface area (Å²) in [5.74, 6) is 2.06. The van der Waals surface area contributed by atoms with Gasteiger partial charge in [-0.25, -0.2) is 14.8 Å². The highest BCUT2D eigenvalue weighted by Gasteiger charge is 2.18. The highest BCUT2D eigenvalue weighted by molar-refractivity contribution is 7.98. The molecule has 0 aliphatic rings. The third-order valence-corrected chi connectivity index (χ3v) is 5.07. The number of pyridine rings is 1. The summed E-state index contributed by atoms with van der Waals surface area (Å²) in [7, 11) is 1.37. The van der Waals surface area contributed by atoms with E-state index in [9.17, 15) is 4.79 Å². The van der Waals surface area contributed by atoms with Gasteiger partial charge in [-0.2, -0.15) is 11.8 Å². The number of carbonyl (C=O) groups is 1. The molecule has 3 rings (SSSR count). The number of nitrogen functional groups attached to an aromatic ring is 1. The summed E-state index contributed by atoms with van der Waals surface area (Å²) < 4.78 is 7.07. The molecule has 0 saturated carbocycles. The maximum Gasteiger partial charge on any atom is 0.337 e. The molecule has 26 heavy (non-hydrogen) atoms. The Morgan fingerprint density at radius 2 is 2.15 bits per heavy atom. The number of fused-ring (bicyclic) bond motifs is 3. The molecule has 7 heteroatoms. The standard InChI is InChI=1S/C19H24N4O2S/c1-4-5-6-15-22-16-17(23(15)9-10-26-3)13-8-7-12(19(24)25-2)11-14(13)21-18(16)20/h7-8,11H,4-6,9-10H2,1-3H3,(H2,20,21). The molecule has 0 aliphatic heterocycles. The number of ether oxygens (including phenoxy) is 1. The minimum atomic E-state index is -0.383. The van der Waals surface area contributed by atoms with Crippen molar-refractivity contribution < 1.29 is 9.53 Å². The highest BCUT2D eigenvalue weighted by atomic mass is 32.2. The Labute approximate surface area is 157 Å². The summed E-state index contributed by atoms with van der Waals surface area (Å²) in [4.78, 5) is 21.1.